The number of rotatable bonds is 6. The number of nitrogens with one attached hydrogen (secondary N) is 1. The zero-order valence-corrected chi connectivity index (χ0v) is 12.6. The van der Waals surface area contributed by atoms with E-state index >= 15 is 0 Å². The second-order valence-electron chi connectivity index (χ2n) is 4.20. The van der Waals surface area contributed by atoms with Crippen molar-refractivity contribution in [2.75, 3.05) is 6.61 Å². The fourth-order valence-corrected chi connectivity index (χ4v) is 2.20. The third-order valence-corrected chi connectivity index (χ3v) is 3.22. The largest absolute Gasteiger partial charge is 0.481 e. The van der Waals surface area contributed by atoms with E-state index in [1.807, 2.05) is 30.3 Å². The van der Waals surface area contributed by atoms with E-state index in [0.29, 0.717) is 6.54 Å². The Labute approximate surface area is 127 Å². The normalized spacial score (nSPS) is 10.0. The monoisotopic (exact) mass is 330 g/mol. The van der Waals surface area contributed by atoms with Crippen molar-refractivity contribution >= 4 is 15.9 Å². The van der Waals surface area contributed by atoms with Crippen LogP contribution in [0.2, 0.25) is 0 Å². The lowest BCUT2D eigenvalue weighted by molar-refractivity contribution is 0.364. The lowest BCUT2D eigenvalue weighted by Crippen LogP contribution is -2.13. The summed E-state index contributed by atoms with van der Waals surface area (Å²) in [5, 5.41) is 3.38. The molecule has 1 aromatic heterocycles. The summed E-state index contributed by atoms with van der Waals surface area (Å²) < 4.78 is 6.56. The molecule has 0 spiro atoms. The third kappa shape index (κ3) is 4.37. The summed E-state index contributed by atoms with van der Waals surface area (Å²) in [6.45, 7) is 1.77. The molecule has 0 unspecified atom stereocenters. The average molecular weight is 331 g/mol. The molecule has 2 rings (SSSR count). The SMILES string of the molecule is C#CCOc1ccc(Br)cc1CNCc1ccncc1. The molecular formula is C16H15BrN2O. The number of hydrogen-bond acceptors (Lipinski definition) is 3. The van der Waals surface area contributed by atoms with Gasteiger partial charge in [0.25, 0.3) is 0 Å². The zero-order valence-electron chi connectivity index (χ0n) is 11.0. The van der Waals surface area contributed by atoms with Gasteiger partial charge in [-0.3, -0.25) is 4.98 Å². The summed E-state index contributed by atoms with van der Waals surface area (Å²) in [6, 6.07) is 9.88. The lowest BCUT2D eigenvalue weighted by Gasteiger charge is -2.11. The summed E-state index contributed by atoms with van der Waals surface area (Å²) in [5.41, 5.74) is 2.27. The summed E-state index contributed by atoms with van der Waals surface area (Å²) in [5.74, 6) is 3.29. The van der Waals surface area contributed by atoms with Crippen molar-refractivity contribution < 1.29 is 4.74 Å². The van der Waals surface area contributed by atoms with Gasteiger partial charge in [0.1, 0.15) is 12.4 Å². The smallest absolute Gasteiger partial charge is 0.148 e. The van der Waals surface area contributed by atoms with Crippen LogP contribution in [-0.4, -0.2) is 11.6 Å². The van der Waals surface area contributed by atoms with Crippen LogP contribution in [0.5, 0.6) is 5.75 Å². The molecule has 1 heterocycles. The Balaban J connectivity index is 1.97. The first-order valence-corrected chi connectivity index (χ1v) is 7.03. The van der Waals surface area contributed by atoms with Crippen molar-refractivity contribution in [3.05, 3.63) is 58.3 Å². The Morgan fingerprint density at radius 2 is 2.00 bits per heavy atom. The predicted molar refractivity (Wildman–Crippen MR) is 83.3 cm³/mol. The minimum absolute atomic E-state index is 0.277. The number of pyridine rings is 1. The highest BCUT2D eigenvalue weighted by atomic mass is 79.9. The van der Waals surface area contributed by atoms with E-state index in [4.69, 9.17) is 11.2 Å². The van der Waals surface area contributed by atoms with E-state index in [2.05, 4.69) is 32.2 Å². The Kier molecular flexibility index (Phi) is 5.60. The van der Waals surface area contributed by atoms with Crippen LogP contribution in [0.3, 0.4) is 0 Å². The third-order valence-electron chi connectivity index (χ3n) is 2.73. The summed E-state index contributed by atoms with van der Waals surface area (Å²) in [7, 11) is 0. The van der Waals surface area contributed by atoms with E-state index in [1.54, 1.807) is 12.4 Å². The first kappa shape index (κ1) is 14.6. The van der Waals surface area contributed by atoms with Gasteiger partial charge in [-0.15, -0.1) is 6.42 Å². The first-order valence-electron chi connectivity index (χ1n) is 6.24. The van der Waals surface area contributed by atoms with Gasteiger partial charge in [0.05, 0.1) is 0 Å². The molecule has 102 valence electrons. The van der Waals surface area contributed by atoms with Crippen molar-refractivity contribution in [2.45, 2.75) is 13.1 Å². The first-order chi connectivity index (χ1) is 9.79. The van der Waals surface area contributed by atoms with Gasteiger partial charge in [-0.1, -0.05) is 21.9 Å². The van der Waals surface area contributed by atoms with Crippen LogP contribution in [0.4, 0.5) is 0 Å². The molecule has 1 N–H and O–H groups in total. The van der Waals surface area contributed by atoms with Crippen LogP contribution in [0, 0.1) is 12.3 Å². The van der Waals surface area contributed by atoms with Gasteiger partial charge < -0.3 is 10.1 Å². The van der Waals surface area contributed by atoms with Crippen LogP contribution >= 0.6 is 15.9 Å². The van der Waals surface area contributed by atoms with Crippen molar-refractivity contribution in [3.63, 3.8) is 0 Å². The molecule has 0 atom stereocenters. The fraction of sp³-hybridized carbons (Fsp3) is 0.188. The number of terminal acetylenes is 1. The maximum Gasteiger partial charge on any atom is 0.148 e. The maximum absolute atomic E-state index is 5.54. The fourth-order valence-electron chi connectivity index (χ4n) is 1.79. The Morgan fingerprint density at radius 3 is 2.75 bits per heavy atom. The topological polar surface area (TPSA) is 34.1 Å². The maximum atomic E-state index is 5.54. The van der Waals surface area contributed by atoms with Crippen LogP contribution in [0.15, 0.2) is 47.2 Å². The number of nitrogens with zero attached hydrogens (tertiary/aromatic N) is 1. The highest BCUT2D eigenvalue weighted by Gasteiger charge is 2.04. The molecule has 0 saturated carbocycles. The second kappa shape index (κ2) is 7.68. The molecule has 0 bridgehead atoms. The molecule has 0 saturated heterocycles. The molecule has 0 aliphatic heterocycles. The molecule has 1 aromatic carbocycles. The minimum Gasteiger partial charge on any atom is -0.481 e. The standard InChI is InChI=1S/C16H15BrN2O/c1-2-9-20-16-4-3-15(17)10-14(16)12-19-11-13-5-7-18-8-6-13/h1,3-8,10,19H,9,11-12H2. The Bertz CT molecular complexity index is 593. The predicted octanol–water partition coefficient (Wildman–Crippen LogP) is 3.15. The Morgan fingerprint density at radius 1 is 1.20 bits per heavy atom. The van der Waals surface area contributed by atoms with Gasteiger partial charge in [-0.25, -0.2) is 0 Å². The van der Waals surface area contributed by atoms with Gasteiger partial charge in [-0.2, -0.15) is 0 Å². The average Bonchev–Trinajstić information content (AvgIpc) is 2.47. The van der Waals surface area contributed by atoms with Crippen LogP contribution in [0.25, 0.3) is 0 Å². The van der Waals surface area contributed by atoms with Gasteiger partial charge in [0, 0.05) is 35.5 Å². The molecule has 0 aliphatic carbocycles. The second-order valence-corrected chi connectivity index (χ2v) is 5.12. The van der Waals surface area contributed by atoms with Gasteiger partial charge in [0.15, 0.2) is 0 Å². The molecule has 0 fully saturated rings. The summed E-state index contributed by atoms with van der Waals surface area (Å²) in [6.07, 6.45) is 8.81. The number of ether oxygens (including phenoxy) is 1. The van der Waals surface area contributed by atoms with Crippen LogP contribution in [-0.2, 0) is 13.1 Å². The molecular weight excluding hydrogens is 316 g/mol. The molecule has 0 radical (unpaired) electrons. The number of aromatic nitrogens is 1. The quantitative estimate of drug-likeness (QED) is 0.826. The van der Waals surface area contributed by atoms with E-state index in [-0.39, 0.29) is 6.61 Å². The molecule has 3 nitrogen and oxygen atoms in total. The van der Waals surface area contributed by atoms with Crippen molar-refractivity contribution in [3.8, 4) is 18.1 Å². The molecule has 0 amide bonds. The molecule has 20 heavy (non-hydrogen) atoms. The van der Waals surface area contributed by atoms with E-state index in [0.717, 1.165) is 22.3 Å². The molecule has 2 aromatic rings. The van der Waals surface area contributed by atoms with Gasteiger partial charge in [0.2, 0.25) is 0 Å². The number of halogens is 1. The van der Waals surface area contributed by atoms with Crippen molar-refractivity contribution in [1.29, 1.82) is 0 Å². The van der Waals surface area contributed by atoms with Gasteiger partial charge >= 0.3 is 0 Å². The Hall–Kier alpha value is -1.83. The molecule has 0 aliphatic rings. The summed E-state index contributed by atoms with van der Waals surface area (Å²) in [4.78, 5) is 4.00. The highest BCUT2D eigenvalue weighted by molar-refractivity contribution is 9.10. The van der Waals surface area contributed by atoms with E-state index in [1.165, 1.54) is 5.56 Å². The lowest BCUT2D eigenvalue weighted by atomic mass is 10.2. The van der Waals surface area contributed by atoms with Crippen molar-refractivity contribution in [2.24, 2.45) is 0 Å². The van der Waals surface area contributed by atoms with Crippen molar-refractivity contribution in [1.82, 2.24) is 10.3 Å². The molecule has 4 heteroatoms. The zero-order chi connectivity index (χ0) is 14.2. The van der Waals surface area contributed by atoms with E-state index < -0.39 is 0 Å². The van der Waals surface area contributed by atoms with Gasteiger partial charge in [-0.05, 0) is 35.9 Å². The van der Waals surface area contributed by atoms with Crippen LogP contribution in [0.1, 0.15) is 11.1 Å². The summed E-state index contributed by atoms with van der Waals surface area (Å²) >= 11 is 3.47. The minimum atomic E-state index is 0.277. The van der Waals surface area contributed by atoms with Crippen LogP contribution < -0.4 is 10.1 Å². The number of benzene rings is 1. The number of hydrogen-bond donors (Lipinski definition) is 1. The van der Waals surface area contributed by atoms with E-state index in [9.17, 15) is 0 Å². The highest BCUT2D eigenvalue weighted by Crippen LogP contribution is 2.23.